The fourth-order valence-electron chi connectivity index (χ4n) is 2.40. The molecule has 0 aliphatic heterocycles. The highest BCUT2D eigenvalue weighted by Gasteiger charge is 2.35. The Labute approximate surface area is 107 Å². The van der Waals surface area contributed by atoms with Crippen LogP contribution in [-0.2, 0) is 0 Å². The monoisotopic (exact) mass is 253 g/mol. The summed E-state index contributed by atoms with van der Waals surface area (Å²) < 4.78 is 13.1. The lowest BCUT2D eigenvalue weighted by Crippen LogP contribution is -2.56. The van der Waals surface area contributed by atoms with Crippen molar-refractivity contribution in [3.05, 3.63) is 35.6 Å². The third kappa shape index (κ3) is 2.88. The van der Waals surface area contributed by atoms with Gasteiger partial charge in [-0.05, 0) is 43.4 Å². The van der Waals surface area contributed by atoms with Crippen molar-refractivity contribution in [2.75, 3.05) is 13.2 Å². The van der Waals surface area contributed by atoms with E-state index in [1.165, 1.54) is 6.07 Å². The first-order chi connectivity index (χ1) is 8.56. The zero-order chi connectivity index (χ0) is 13.2. The molecule has 0 radical (unpaired) electrons. The summed E-state index contributed by atoms with van der Waals surface area (Å²) in [6, 6.07) is 6.99. The summed E-state index contributed by atoms with van der Waals surface area (Å²) in [5.74, 6) is 0.180. The molecule has 1 aliphatic rings. The second-order valence-corrected chi connectivity index (χ2v) is 5.44. The van der Waals surface area contributed by atoms with Crippen molar-refractivity contribution in [1.29, 1.82) is 0 Å². The van der Waals surface area contributed by atoms with Gasteiger partial charge in [-0.2, -0.15) is 0 Å². The number of halogens is 1. The molecule has 1 aromatic carbocycles. The summed E-state index contributed by atoms with van der Waals surface area (Å²) in [7, 11) is 0. The highest BCUT2D eigenvalue weighted by atomic mass is 19.1. The lowest BCUT2D eigenvalue weighted by molar-refractivity contribution is 0.0780. The van der Waals surface area contributed by atoms with E-state index in [9.17, 15) is 14.6 Å². The first-order valence-electron chi connectivity index (χ1n) is 6.31. The normalized spacial score (nSPS) is 23.8. The van der Waals surface area contributed by atoms with Gasteiger partial charge in [0.15, 0.2) is 0 Å². The smallest absolute Gasteiger partial charge is 0.123 e. The maximum absolute atomic E-state index is 13.1. The summed E-state index contributed by atoms with van der Waals surface area (Å²) in [5, 5.41) is 21.7. The highest BCUT2D eigenvalue weighted by Crippen LogP contribution is 2.37. The minimum Gasteiger partial charge on any atom is -0.394 e. The molecule has 1 fully saturated rings. The molecule has 1 saturated carbocycles. The molecule has 0 amide bonds. The molecule has 1 aliphatic carbocycles. The van der Waals surface area contributed by atoms with E-state index < -0.39 is 5.54 Å². The average Bonchev–Trinajstić information content (AvgIpc) is 2.33. The Balaban J connectivity index is 1.87. The van der Waals surface area contributed by atoms with E-state index in [-0.39, 0.29) is 25.1 Å². The molecule has 0 spiro atoms. The Bertz CT molecular complexity index is 401. The van der Waals surface area contributed by atoms with E-state index in [4.69, 9.17) is 0 Å². The summed E-state index contributed by atoms with van der Waals surface area (Å²) in [5.41, 5.74) is 0.403. The highest BCUT2D eigenvalue weighted by molar-refractivity contribution is 5.24. The molecule has 1 aromatic rings. The van der Waals surface area contributed by atoms with Crippen molar-refractivity contribution < 1.29 is 14.6 Å². The Morgan fingerprint density at radius 3 is 2.56 bits per heavy atom. The SMILES string of the molecule is CC(CO)(CO)NC1CC(c2cccc(F)c2)C1. The van der Waals surface area contributed by atoms with Gasteiger partial charge in [0.05, 0.1) is 18.8 Å². The van der Waals surface area contributed by atoms with E-state index in [2.05, 4.69) is 5.32 Å². The molecule has 0 atom stereocenters. The Kier molecular flexibility index (Phi) is 4.00. The van der Waals surface area contributed by atoms with E-state index in [0.29, 0.717) is 5.92 Å². The fourth-order valence-corrected chi connectivity index (χ4v) is 2.40. The first kappa shape index (κ1) is 13.5. The topological polar surface area (TPSA) is 52.5 Å². The van der Waals surface area contributed by atoms with Gasteiger partial charge in [-0.3, -0.25) is 0 Å². The molecule has 0 saturated heterocycles. The van der Waals surface area contributed by atoms with E-state index in [1.54, 1.807) is 19.1 Å². The molecule has 0 unspecified atom stereocenters. The quantitative estimate of drug-likeness (QED) is 0.743. The van der Waals surface area contributed by atoms with Crippen LogP contribution in [0, 0.1) is 5.82 Å². The predicted octanol–water partition coefficient (Wildman–Crippen LogP) is 1.40. The number of hydrogen-bond donors (Lipinski definition) is 3. The maximum Gasteiger partial charge on any atom is 0.123 e. The molecule has 4 heteroatoms. The average molecular weight is 253 g/mol. The molecule has 0 heterocycles. The molecule has 0 aromatic heterocycles. The van der Waals surface area contributed by atoms with Crippen LogP contribution in [-0.4, -0.2) is 35.0 Å². The zero-order valence-electron chi connectivity index (χ0n) is 10.6. The van der Waals surface area contributed by atoms with Crippen LogP contribution < -0.4 is 5.32 Å². The van der Waals surface area contributed by atoms with E-state index in [0.717, 1.165) is 18.4 Å². The summed E-state index contributed by atoms with van der Waals surface area (Å²) in [4.78, 5) is 0. The van der Waals surface area contributed by atoms with Gasteiger partial charge in [-0.25, -0.2) is 4.39 Å². The molecule has 3 nitrogen and oxygen atoms in total. The minimum absolute atomic E-state index is 0.0926. The largest absolute Gasteiger partial charge is 0.394 e. The van der Waals surface area contributed by atoms with Gasteiger partial charge < -0.3 is 15.5 Å². The van der Waals surface area contributed by atoms with Gasteiger partial charge in [0.2, 0.25) is 0 Å². The second kappa shape index (κ2) is 5.34. The zero-order valence-corrected chi connectivity index (χ0v) is 10.6. The van der Waals surface area contributed by atoms with Crippen molar-refractivity contribution >= 4 is 0 Å². The lowest BCUT2D eigenvalue weighted by Gasteiger charge is -2.41. The molecular formula is C14H20FNO2. The van der Waals surface area contributed by atoms with Crippen molar-refractivity contribution in [1.82, 2.24) is 5.32 Å². The molecule has 100 valence electrons. The third-order valence-electron chi connectivity index (χ3n) is 3.71. The number of aliphatic hydroxyl groups is 2. The third-order valence-corrected chi connectivity index (χ3v) is 3.71. The summed E-state index contributed by atoms with van der Waals surface area (Å²) in [6.45, 7) is 1.61. The number of hydrogen-bond acceptors (Lipinski definition) is 3. The van der Waals surface area contributed by atoms with Crippen LogP contribution in [0.25, 0.3) is 0 Å². The summed E-state index contributed by atoms with van der Waals surface area (Å²) >= 11 is 0. The van der Waals surface area contributed by atoms with Crippen molar-refractivity contribution in [2.24, 2.45) is 0 Å². The number of benzene rings is 1. The minimum atomic E-state index is -0.627. The van der Waals surface area contributed by atoms with Gasteiger partial charge in [0.1, 0.15) is 5.82 Å². The van der Waals surface area contributed by atoms with E-state index >= 15 is 0 Å². The standard InChI is InChI=1S/C14H20FNO2/c1-14(8-17,9-18)16-13-6-11(7-13)10-3-2-4-12(15)5-10/h2-5,11,13,16-18H,6-9H2,1H3. The van der Waals surface area contributed by atoms with Crippen LogP contribution in [0.2, 0.25) is 0 Å². The molecule has 2 rings (SSSR count). The Morgan fingerprint density at radius 1 is 1.33 bits per heavy atom. The van der Waals surface area contributed by atoms with Crippen molar-refractivity contribution in [2.45, 2.75) is 37.3 Å². The number of aliphatic hydroxyl groups excluding tert-OH is 2. The molecular weight excluding hydrogens is 233 g/mol. The van der Waals surface area contributed by atoms with Crippen molar-refractivity contribution in [3.63, 3.8) is 0 Å². The molecule has 0 bridgehead atoms. The van der Waals surface area contributed by atoms with Gasteiger partial charge in [0.25, 0.3) is 0 Å². The first-order valence-corrected chi connectivity index (χ1v) is 6.31. The Hall–Kier alpha value is -0.970. The van der Waals surface area contributed by atoms with Crippen molar-refractivity contribution in [3.8, 4) is 0 Å². The van der Waals surface area contributed by atoms with Crippen LogP contribution in [0.5, 0.6) is 0 Å². The van der Waals surface area contributed by atoms with Gasteiger partial charge in [-0.1, -0.05) is 12.1 Å². The fraction of sp³-hybridized carbons (Fsp3) is 0.571. The Morgan fingerprint density at radius 2 is 2.00 bits per heavy atom. The van der Waals surface area contributed by atoms with Crippen LogP contribution in [0.4, 0.5) is 4.39 Å². The second-order valence-electron chi connectivity index (χ2n) is 5.44. The lowest BCUT2D eigenvalue weighted by atomic mass is 9.75. The predicted molar refractivity (Wildman–Crippen MR) is 67.9 cm³/mol. The van der Waals surface area contributed by atoms with E-state index in [1.807, 2.05) is 6.07 Å². The van der Waals surface area contributed by atoms with Crippen LogP contribution in [0.1, 0.15) is 31.2 Å². The van der Waals surface area contributed by atoms with Crippen LogP contribution in [0.3, 0.4) is 0 Å². The van der Waals surface area contributed by atoms with Gasteiger partial charge >= 0.3 is 0 Å². The molecule has 3 N–H and O–H groups in total. The number of nitrogens with one attached hydrogen (secondary N) is 1. The van der Waals surface area contributed by atoms with Gasteiger partial charge in [-0.15, -0.1) is 0 Å². The van der Waals surface area contributed by atoms with Gasteiger partial charge in [0, 0.05) is 6.04 Å². The maximum atomic E-state index is 13.1. The number of rotatable bonds is 5. The van der Waals surface area contributed by atoms with Crippen LogP contribution >= 0.6 is 0 Å². The summed E-state index contributed by atoms with van der Waals surface area (Å²) in [6.07, 6.45) is 1.83. The molecule has 18 heavy (non-hydrogen) atoms. The van der Waals surface area contributed by atoms with Crippen LogP contribution in [0.15, 0.2) is 24.3 Å².